The molecule has 0 fully saturated rings. The van der Waals surface area contributed by atoms with Gasteiger partial charge in [0.2, 0.25) is 5.91 Å². The van der Waals surface area contributed by atoms with Crippen LogP contribution in [0.15, 0.2) is 12.4 Å². The van der Waals surface area contributed by atoms with Gasteiger partial charge in [-0.25, -0.2) is 0 Å². The molecule has 1 aromatic heterocycles. The lowest BCUT2D eigenvalue weighted by molar-refractivity contribution is -0.122. The van der Waals surface area contributed by atoms with Gasteiger partial charge in [-0.3, -0.25) is 9.89 Å². The van der Waals surface area contributed by atoms with Gasteiger partial charge in [-0.1, -0.05) is 0 Å². The van der Waals surface area contributed by atoms with Crippen LogP contribution < -0.4 is 11.1 Å². The summed E-state index contributed by atoms with van der Waals surface area (Å²) in [4.78, 5) is 11.5. The summed E-state index contributed by atoms with van der Waals surface area (Å²) in [5.74, 6) is -0.141. The predicted molar refractivity (Wildman–Crippen MR) is 59.5 cm³/mol. The number of nitrogens with zero attached hydrogens (tertiary/aromatic N) is 1. The van der Waals surface area contributed by atoms with Gasteiger partial charge in [0.05, 0.1) is 12.2 Å². The topological polar surface area (TPSA) is 93.0 Å². The monoisotopic (exact) mass is 226 g/mol. The first-order chi connectivity index (χ1) is 7.74. The standard InChI is InChI=1S/C10H18N4O2/c1-16-4-2-3-9(11)10(15)12-5-8-6-13-14-7-8/h6-7,9H,2-5,11H2,1H3,(H,12,15)(H,13,14). The van der Waals surface area contributed by atoms with Crippen molar-refractivity contribution in [1.29, 1.82) is 0 Å². The molecule has 0 aliphatic heterocycles. The molecule has 6 nitrogen and oxygen atoms in total. The van der Waals surface area contributed by atoms with Crippen LogP contribution in [0.1, 0.15) is 18.4 Å². The molecule has 1 unspecified atom stereocenters. The van der Waals surface area contributed by atoms with Crippen LogP contribution in [-0.4, -0.2) is 35.9 Å². The average molecular weight is 226 g/mol. The number of aromatic nitrogens is 2. The third-order valence-corrected chi connectivity index (χ3v) is 2.22. The fourth-order valence-electron chi connectivity index (χ4n) is 1.27. The number of nitrogens with two attached hydrogens (primary N) is 1. The van der Waals surface area contributed by atoms with Gasteiger partial charge in [0.15, 0.2) is 0 Å². The predicted octanol–water partition coefficient (Wildman–Crippen LogP) is -0.220. The molecule has 90 valence electrons. The Labute approximate surface area is 94.5 Å². The zero-order valence-electron chi connectivity index (χ0n) is 9.40. The number of nitrogens with one attached hydrogen (secondary N) is 2. The minimum Gasteiger partial charge on any atom is -0.385 e. The molecule has 0 saturated carbocycles. The number of hydrogen-bond donors (Lipinski definition) is 3. The van der Waals surface area contributed by atoms with Crippen LogP contribution in [0.5, 0.6) is 0 Å². The fourth-order valence-corrected chi connectivity index (χ4v) is 1.27. The fraction of sp³-hybridized carbons (Fsp3) is 0.600. The Morgan fingerprint density at radius 3 is 3.19 bits per heavy atom. The highest BCUT2D eigenvalue weighted by atomic mass is 16.5. The van der Waals surface area contributed by atoms with E-state index in [4.69, 9.17) is 10.5 Å². The van der Waals surface area contributed by atoms with Gasteiger partial charge in [-0.2, -0.15) is 5.10 Å². The van der Waals surface area contributed by atoms with Crippen molar-refractivity contribution < 1.29 is 9.53 Å². The van der Waals surface area contributed by atoms with Gasteiger partial charge >= 0.3 is 0 Å². The van der Waals surface area contributed by atoms with Gasteiger partial charge in [-0.15, -0.1) is 0 Å². The molecule has 0 spiro atoms. The molecule has 1 amide bonds. The van der Waals surface area contributed by atoms with Gasteiger partial charge in [-0.05, 0) is 12.8 Å². The SMILES string of the molecule is COCCCC(N)C(=O)NCc1cn[nH]c1. The summed E-state index contributed by atoms with van der Waals surface area (Å²) in [6.07, 6.45) is 4.81. The minimum atomic E-state index is -0.470. The summed E-state index contributed by atoms with van der Waals surface area (Å²) in [6, 6.07) is -0.470. The number of carbonyl (C=O) groups is 1. The van der Waals surface area contributed by atoms with E-state index in [1.807, 2.05) is 0 Å². The molecular weight excluding hydrogens is 208 g/mol. The maximum absolute atomic E-state index is 11.5. The van der Waals surface area contributed by atoms with Crippen LogP contribution in [-0.2, 0) is 16.1 Å². The second-order valence-corrected chi connectivity index (χ2v) is 3.57. The molecule has 4 N–H and O–H groups in total. The quantitative estimate of drug-likeness (QED) is 0.560. The Kier molecular flexibility index (Phi) is 5.52. The number of methoxy groups -OCH3 is 1. The number of H-pyrrole nitrogens is 1. The van der Waals surface area contributed by atoms with Crippen LogP contribution >= 0.6 is 0 Å². The number of aromatic amines is 1. The first-order valence-corrected chi connectivity index (χ1v) is 5.24. The molecule has 6 heteroatoms. The lowest BCUT2D eigenvalue weighted by Gasteiger charge is -2.11. The van der Waals surface area contributed by atoms with Gasteiger partial charge in [0.25, 0.3) is 0 Å². The second-order valence-electron chi connectivity index (χ2n) is 3.57. The van der Waals surface area contributed by atoms with E-state index in [9.17, 15) is 4.79 Å². The Morgan fingerprint density at radius 2 is 2.56 bits per heavy atom. The highest BCUT2D eigenvalue weighted by Gasteiger charge is 2.12. The first kappa shape index (κ1) is 12.7. The molecular formula is C10H18N4O2. The highest BCUT2D eigenvalue weighted by Crippen LogP contribution is 1.97. The largest absolute Gasteiger partial charge is 0.385 e. The lowest BCUT2D eigenvalue weighted by Crippen LogP contribution is -2.40. The number of rotatable bonds is 7. The molecule has 1 atom stereocenters. The smallest absolute Gasteiger partial charge is 0.237 e. The Hall–Kier alpha value is -1.40. The second kappa shape index (κ2) is 6.97. The molecule has 0 aliphatic carbocycles. The van der Waals surface area contributed by atoms with Crippen molar-refractivity contribution in [2.24, 2.45) is 5.73 Å². The maximum atomic E-state index is 11.5. The number of hydrogen-bond acceptors (Lipinski definition) is 4. The summed E-state index contributed by atoms with van der Waals surface area (Å²) in [7, 11) is 1.63. The van der Waals surface area contributed by atoms with Crippen molar-refractivity contribution in [3.63, 3.8) is 0 Å². The van der Waals surface area contributed by atoms with Gasteiger partial charge in [0.1, 0.15) is 0 Å². The number of carbonyl (C=O) groups excluding carboxylic acids is 1. The summed E-state index contributed by atoms with van der Waals surface area (Å²) in [6.45, 7) is 1.08. The molecule has 1 rings (SSSR count). The van der Waals surface area contributed by atoms with E-state index in [1.165, 1.54) is 0 Å². The average Bonchev–Trinajstić information content (AvgIpc) is 2.79. The Balaban J connectivity index is 2.18. The van der Waals surface area contributed by atoms with Crippen LogP contribution in [0.4, 0.5) is 0 Å². The molecule has 0 radical (unpaired) electrons. The molecule has 0 bridgehead atoms. The lowest BCUT2D eigenvalue weighted by atomic mass is 10.1. The van der Waals surface area contributed by atoms with Crippen molar-refractivity contribution in [3.05, 3.63) is 18.0 Å². The first-order valence-electron chi connectivity index (χ1n) is 5.24. The van der Waals surface area contributed by atoms with E-state index in [0.717, 1.165) is 12.0 Å². The van der Waals surface area contributed by atoms with Crippen molar-refractivity contribution >= 4 is 5.91 Å². The number of ether oxygens (including phenoxy) is 1. The highest BCUT2D eigenvalue weighted by molar-refractivity contribution is 5.81. The zero-order chi connectivity index (χ0) is 11.8. The van der Waals surface area contributed by atoms with Crippen LogP contribution in [0.3, 0.4) is 0 Å². The van der Waals surface area contributed by atoms with E-state index < -0.39 is 6.04 Å². The summed E-state index contributed by atoms with van der Waals surface area (Å²) in [5, 5.41) is 9.20. The van der Waals surface area contributed by atoms with Crippen LogP contribution in [0, 0.1) is 0 Å². The van der Waals surface area contributed by atoms with E-state index in [2.05, 4.69) is 15.5 Å². The van der Waals surface area contributed by atoms with E-state index in [0.29, 0.717) is 19.6 Å². The van der Waals surface area contributed by atoms with E-state index >= 15 is 0 Å². The third-order valence-electron chi connectivity index (χ3n) is 2.22. The summed E-state index contributed by atoms with van der Waals surface area (Å²) < 4.78 is 4.89. The van der Waals surface area contributed by atoms with Crippen molar-refractivity contribution in [2.45, 2.75) is 25.4 Å². The maximum Gasteiger partial charge on any atom is 0.237 e. The van der Waals surface area contributed by atoms with Crippen molar-refractivity contribution in [2.75, 3.05) is 13.7 Å². The van der Waals surface area contributed by atoms with Gasteiger partial charge in [0, 0.05) is 32.0 Å². The van der Waals surface area contributed by atoms with Crippen molar-refractivity contribution in [3.8, 4) is 0 Å². The molecule has 0 saturated heterocycles. The minimum absolute atomic E-state index is 0.141. The summed E-state index contributed by atoms with van der Waals surface area (Å²) >= 11 is 0. The Bertz CT molecular complexity index is 300. The van der Waals surface area contributed by atoms with Crippen LogP contribution in [0.2, 0.25) is 0 Å². The van der Waals surface area contributed by atoms with Crippen LogP contribution in [0.25, 0.3) is 0 Å². The molecule has 16 heavy (non-hydrogen) atoms. The molecule has 1 heterocycles. The molecule has 1 aromatic rings. The summed E-state index contributed by atoms with van der Waals surface area (Å²) in [5.41, 5.74) is 6.63. The van der Waals surface area contributed by atoms with Gasteiger partial charge < -0.3 is 15.8 Å². The molecule has 0 aromatic carbocycles. The van der Waals surface area contributed by atoms with E-state index in [-0.39, 0.29) is 5.91 Å². The number of amides is 1. The van der Waals surface area contributed by atoms with E-state index in [1.54, 1.807) is 19.5 Å². The third kappa shape index (κ3) is 4.41. The van der Waals surface area contributed by atoms with Crippen molar-refractivity contribution in [1.82, 2.24) is 15.5 Å². The molecule has 0 aliphatic rings. The zero-order valence-corrected chi connectivity index (χ0v) is 9.40. The normalized spacial score (nSPS) is 12.4. The Morgan fingerprint density at radius 1 is 1.75 bits per heavy atom.